The zero-order valence-corrected chi connectivity index (χ0v) is 11.9. The smallest absolute Gasteiger partial charge is 0.255 e. The zero-order valence-electron chi connectivity index (χ0n) is 11.0. The Balaban J connectivity index is 2.20. The summed E-state index contributed by atoms with van der Waals surface area (Å²) < 4.78 is 0. The van der Waals surface area contributed by atoms with E-state index in [1.807, 2.05) is 5.38 Å². The van der Waals surface area contributed by atoms with Crippen molar-refractivity contribution in [2.24, 2.45) is 5.73 Å². The van der Waals surface area contributed by atoms with Gasteiger partial charge in [0, 0.05) is 24.8 Å². The Morgan fingerprint density at radius 3 is 3.10 bits per heavy atom. The number of hydrogen-bond acceptors (Lipinski definition) is 5. The fourth-order valence-electron chi connectivity index (χ4n) is 1.66. The standard InChI is InChI=1S/C14H14N4OS/c1-18(8-12-9-20-10-17-12)14(19)13-4-6-16-7-11(13)3-2-5-15/h4,6-7,9-10H,5,8,15H2,1H3. The lowest BCUT2D eigenvalue weighted by molar-refractivity contribution is 0.0783. The van der Waals surface area contributed by atoms with E-state index >= 15 is 0 Å². The van der Waals surface area contributed by atoms with Crippen molar-refractivity contribution in [1.29, 1.82) is 0 Å². The molecule has 0 saturated carbocycles. The Hall–Kier alpha value is -2.23. The summed E-state index contributed by atoms with van der Waals surface area (Å²) in [5, 5.41) is 1.92. The number of pyridine rings is 1. The van der Waals surface area contributed by atoms with E-state index in [9.17, 15) is 4.79 Å². The summed E-state index contributed by atoms with van der Waals surface area (Å²) >= 11 is 1.51. The van der Waals surface area contributed by atoms with Crippen molar-refractivity contribution in [3.8, 4) is 11.8 Å². The molecule has 0 radical (unpaired) electrons. The monoisotopic (exact) mass is 286 g/mol. The third kappa shape index (κ3) is 3.41. The highest BCUT2D eigenvalue weighted by Gasteiger charge is 2.15. The minimum atomic E-state index is -0.110. The number of carbonyl (C=O) groups excluding carboxylic acids is 1. The highest BCUT2D eigenvalue weighted by Crippen LogP contribution is 2.11. The molecule has 0 fully saturated rings. The highest BCUT2D eigenvalue weighted by molar-refractivity contribution is 7.07. The molecule has 102 valence electrons. The number of rotatable bonds is 3. The predicted octanol–water partition coefficient (Wildman–Crippen LogP) is 1.12. The number of amides is 1. The largest absolute Gasteiger partial charge is 0.336 e. The van der Waals surface area contributed by atoms with Crippen LogP contribution in [0.15, 0.2) is 29.4 Å². The molecule has 2 aromatic rings. The highest BCUT2D eigenvalue weighted by atomic mass is 32.1. The maximum atomic E-state index is 12.4. The third-order valence-corrected chi connectivity index (χ3v) is 3.24. The van der Waals surface area contributed by atoms with Crippen LogP contribution < -0.4 is 5.73 Å². The lowest BCUT2D eigenvalue weighted by Crippen LogP contribution is -2.27. The molecular formula is C14H14N4OS. The number of nitrogens with two attached hydrogens (primary N) is 1. The summed E-state index contributed by atoms with van der Waals surface area (Å²) in [4.78, 5) is 22.2. The SMILES string of the molecule is CN(Cc1cscn1)C(=O)c1ccncc1C#CCN. The van der Waals surface area contributed by atoms with Crippen LogP contribution >= 0.6 is 11.3 Å². The first-order chi connectivity index (χ1) is 9.72. The molecule has 0 aromatic carbocycles. The molecule has 0 saturated heterocycles. The maximum absolute atomic E-state index is 12.4. The topological polar surface area (TPSA) is 72.1 Å². The van der Waals surface area contributed by atoms with Crippen molar-refractivity contribution in [1.82, 2.24) is 14.9 Å². The average Bonchev–Trinajstić information content (AvgIpc) is 2.97. The summed E-state index contributed by atoms with van der Waals surface area (Å²) in [6.45, 7) is 0.714. The Morgan fingerprint density at radius 1 is 1.55 bits per heavy atom. The Bertz CT molecular complexity index is 643. The van der Waals surface area contributed by atoms with E-state index in [0.29, 0.717) is 17.7 Å². The molecule has 0 unspecified atom stereocenters. The van der Waals surface area contributed by atoms with E-state index < -0.39 is 0 Å². The first-order valence-corrected chi connectivity index (χ1v) is 6.92. The summed E-state index contributed by atoms with van der Waals surface area (Å²) in [5.74, 6) is 5.50. The lowest BCUT2D eigenvalue weighted by Gasteiger charge is -2.16. The minimum Gasteiger partial charge on any atom is -0.336 e. The van der Waals surface area contributed by atoms with Gasteiger partial charge in [-0.3, -0.25) is 9.78 Å². The van der Waals surface area contributed by atoms with Gasteiger partial charge in [0.05, 0.1) is 35.4 Å². The minimum absolute atomic E-state index is 0.110. The van der Waals surface area contributed by atoms with E-state index in [1.165, 1.54) is 11.3 Å². The molecule has 2 aromatic heterocycles. The number of nitrogens with zero attached hydrogens (tertiary/aromatic N) is 3. The lowest BCUT2D eigenvalue weighted by atomic mass is 10.1. The quantitative estimate of drug-likeness (QED) is 0.858. The van der Waals surface area contributed by atoms with Crippen LogP contribution in [-0.2, 0) is 6.54 Å². The fraction of sp³-hybridized carbons (Fsp3) is 0.214. The first kappa shape index (κ1) is 14.2. The van der Waals surface area contributed by atoms with Gasteiger partial charge in [0.25, 0.3) is 5.91 Å². The molecule has 0 aliphatic carbocycles. The van der Waals surface area contributed by atoms with Gasteiger partial charge in [0.15, 0.2) is 0 Å². The van der Waals surface area contributed by atoms with Crippen LogP contribution in [0.3, 0.4) is 0 Å². The van der Waals surface area contributed by atoms with E-state index in [1.54, 1.807) is 35.9 Å². The normalized spacial score (nSPS) is 9.70. The molecule has 0 aliphatic rings. The number of aromatic nitrogens is 2. The fourth-order valence-corrected chi connectivity index (χ4v) is 2.21. The summed E-state index contributed by atoms with van der Waals surface area (Å²) in [7, 11) is 1.74. The summed E-state index contributed by atoms with van der Waals surface area (Å²) in [6, 6.07) is 1.67. The van der Waals surface area contributed by atoms with Crippen LogP contribution in [0.5, 0.6) is 0 Å². The third-order valence-electron chi connectivity index (χ3n) is 2.61. The second-order valence-corrected chi connectivity index (χ2v) is 4.79. The summed E-state index contributed by atoms with van der Waals surface area (Å²) in [5.41, 5.74) is 9.09. The maximum Gasteiger partial charge on any atom is 0.255 e. The molecule has 2 rings (SSSR count). The van der Waals surface area contributed by atoms with Crippen molar-refractivity contribution < 1.29 is 4.79 Å². The number of hydrogen-bond donors (Lipinski definition) is 1. The van der Waals surface area contributed by atoms with Crippen molar-refractivity contribution in [2.75, 3.05) is 13.6 Å². The average molecular weight is 286 g/mol. The molecule has 0 aliphatic heterocycles. The molecule has 2 N–H and O–H groups in total. The van der Waals surface area contributed by atoms with Gasteiger partial charge in [0.2, 0.25) is 0 Å². The van der Waals surface area contributed by atoms with Gasteiger partial charge in [-0.25, -0.2) is 4.98 Å². The molecule has 1 amide bonds. The van der Waals surface area contributed by atoms with Gasteiger partial charge < -0.3 is 10.6 Å². The van der Waals surface area contributed by atoms with Crippen molar-refractivity contribution in [3.05, 3.63) is 46.2 Å². The number of carbonyl (C=O) groups is 1. The molecule has 2 heterocycles. The van der Waals surface area contributed by atoms with E-state index in [-0.39, 0.29) is 12.5 Å². The van der Waals surface area contributed by atoms with E-state index in [4.69, 9.17) is 5.73 Å². The molecule has 0 bridgehead atoms. The van der Waals surface area contributed by atoms with E-state index in [0.717, 1.165) is 5.69 Å². The van der Waals surface area contributed by atoms with Crippen LogP contribution in [0, 0.1) is 11.8 Å². The van der Waals surface area contributed by atoms with Crippen molar-refractivity contribution in [2.45, 2.75) is 6.54 Å². The van der Waals surface area contributed by atoms with E-state index in [2.05, 4.69) is 21.8 Å². The second kappa shape index (κ2) is 6.80. The van der Waals surface area contributed by atoms with Gasteiger partial charge in [-0.1, -0.05) is 11.8 Å². The molecule has 5 nitrogen and oxygen atoms in total. The van der Waals surface area contributed by atoms with Gasteiger partial charge in [-0.15, -0.1) is 11.3 Å². The van der Waals surface area contributed by atoms with Gasteiger partial charge in [-0.2, -0.15) is 0 Å². The van der Waals surface area contributed by atoms with Gasteiger partial charge >= 0.3 is 0 Å². The van der Waals surface area contributed by atoms with Crippen LogP contribution in [0.1, 0.15) is 21.6 Å². The van der Waals surface area contributed by atoms with Crippen LogP contribution in [0.25, 0.3) is 0 Å². The Kier molecular flexibility index (Phi) is 4.82. The molecule has 20 heavy (non-hydrogen) atoms. The summed E-state index contributed by atoms with van der Waals surface area (Å²) in [6.07, 6.45) is 3.16. The molecular weight excluding hydrogens is 272 g/mol. The molecule has 6 heteroatoms. The van der Waals surface area contributed by atoms with Gasteiger partial charge in [0.1, 0.15) is 0 Å². The van der Waals surface area contributed by atoms with Crippen LogP contribution in [0.2, 0.25) is 0 Å². The Labute approximate surface area is 121 Å². The van der Waals surface area contributed by atoms with Crippen LogP contribution in [-0.4, -0.2) is 34.4 Å². The van der Waals surface area contributed by atoms with Crippen LogP contribution in [0.4, 0.5) is 0 Å². The van der Waals surface area contributed by atoms with Crippen molar-refractivity contribution in [3.63, 3.8) is 0 Å². The first-order valence-electron chi connectivity index (χ1n) is 5.98. The molecule has 0 spiro atoms. The second-order valence-electron chi connectivity index (χ2n) is 4.07. The zero-order chi connectivity index (χ0) is 14.4. The molecule has 0 atom stereocenters. The van der Waals surface area contributed by atoms with Crippen molar-refractivity contribution >= 4 is 17.2 Å². The van der Waals surface area contributed by atoms with Gasteiger partial charge in [-0.05, 0) is 6.07 Å². The predicted molar refractivity (Wildman–Crippen MR) is 78.1 cm³/mol. The Morgan fingerprint density at radius 2 is 2.40 bits per heavy atom. The number of thiazole rings is 1.